The number of benzene rings is 1. The van der Waals surface area contributed by atoms with E-state index in [2.05, 4.69) is 130 Å². The van der Waals surface area contributed by atoms with Gasteiger partial charge < -0.3 is 0 Å². The van der Waals surface area contributed by atoms with Crippen molar-refractivity contribution in [3.05, 3.63) is 114 Å². The maximum absolute atomic E-state index is 6.79. The Morgan fingerprint density at radius 3 is 1.88 bits per heavy atom. The average molecular weight is 762 g/mol. The fraction of sp³-hybridized carbons (Fsp3) is 0.474. The summed E-state index contributed by atoms with van der Waals surface area (Å²) < 4.78 is 0.137. The van der Waals surface area contributed by atoms with E-state index in [9.17, 15) is 0 Å². The second-order valence-electron chi connectivity index (χ2n) is 8.81. The molecule has 0 amide bonds. The van der Waals surface area contributed by atoms with E-state index in [1.165, 1.54) is 33.4 Å². The van der Waals surface area contributed by atoms with Crippen molar-refractivity contribution < 1.29 is 0 Å². The van der Waals surface area contributed by atoms with Crippen LogP contribution in [0.2, 0.25) is 0 Å². The molecule has 1 unspecified atom stereocenters. The molecule has 0 aliphatic heterocycles. The maximum atomic E-state index is 6.79. The van der Waals surface area contributed by atoms with Gasteiger partial charge in [-0.3, -0.25) is 0 Å². The van der Waals surface area contributed by atoms with E-state index in [-0.39, 0.29) is 3.42 Å². The fourth-order valence-corrected chi connectivity index (χ4v) is 6.38. The Morgan fingerprint density at radius 2 is 1.49 bits per heavy atom. The first-order chi connectivity index (χ1) is 19.6. The summed E-state index contributed by atoms with van der Waals surface area (Å²) in [7, 11) is 6.79. The first kappa shape index (κ1) is 46.8. The van der Waals surface area contributed by atoms with Gasteiger partial charge in [0.05, 0.1) is 0 Å². The van der Waals surface area contributed by atoms with Crippen molar-refractivity contribution >= 4 is 49.1 Å². The summed E-state index contributed by atoms with van der Waals surface area (Å²) in [5, 5.41) is 0.820. The van der Waals surface area contributed by atoms with E-state index in [0.717, 1.165) is 24.6 Å². The molecule has 0 aromatic heterocycles. The van der Waals surface area contributed by atoms with E-state index in [4.69, 9.17) is 8.91 Å². The van der Waals surface area contributed by atoms with E-state index < -0.39 is 18.7 Å². The molecule has 0 bridgehead atoms. The summed E-state index contributed by atoms with van der Waals surface area (Å²) in [5.74, 6) is 0. The van der Waals surface area contributed by atoms with Crippen LogP contribution in [-0.4, -0.2) is 13.7 Å². The molecule has 0 radical (unpaired) electrons. The van der Waals surface area contributed by atoms with Crippen LogP contribution in [0, 0.1) is 0 Å². The number of hydrogen-bond donors (Lipinski definition) is 0. The average Bonchev–Trinajstić information content (AvgIpc) is 3.01. The smallest absolute Gasteiger partial charge is 0.0111 e. The number of halogens is 3. The quantitative estimate of drug-likeness (QED) is 0.0861. The number of allylic oxidation sites excluding steroid dienone is 12. The third kappa shape index (κ3) is 22.2. The van der Waals surface area contributed by atoms with Crippen LogP contribution in [0.4, 0.5) is 0 Å². The zero-order valence-electron chi connectivity index (χ0n) is 28.8. The Balaban J connectivity index is -0.000000357. The second-order valence-corrected chi connectivity index (χ2v) is 17.2. The first-order valence-electron chi connectivity index (χ1n) is 15.0. The summed E-state index contributed by atoms with van der Waals surface area (Å²) in [6, 6.07) is 10.6. The van der Waals surface area contributed by atoms with Crippen LogP contribution in [-0.2, 0) is 0 Å². The molecule has 0 saturated heterocycles. The van der Waals surface area contributed by atoms with Gasteiger partial charge in [-0.2, -0.15) is 0 Å². The molecule has 0 nitrogen and oxygen atoms in total. The largest absolute Gasteiger partial charge is 0.0991 e. The Kier molecular flexibility index (Phi) is 36.4. The number of rotatable bonds is 12. The molecule has 0 aliphatic carbocycles. The molecule has 1 rings (SSSR count). The van der Waals surface area contributed by atoms with Gasteiger partial charge in [-0.15, -0.1) is 0 Å². The predicted octanol–water partition coefficient (Wildman–Crippen LogP) is 14.9. The Morgan fingerprint density at radius 1 is 0.951 bits per heavy atom. The van der Waals surface area contributed by atoms with Crippen molar-refractivity contribution in [1.29, 1.82) is 0 Å². The summed E-state index contributed by atoms with van der Waals surface area (Å²) >= 11 is 1.97. The number of alkyl halides is 3. The summed E-state index contributed by atoms with van der Waals surface area (Å²) in [4.78, 5) is 2.26. The van der Waals surface area contributed by atoms with Crippen LogP contribution in [0.3, 0.4) is 0 Å². The Bertz CT molecular complexity index is 932. The third-order valence-corrected chi connectivity index (χ3v) is 13.0. The normalized spacial score (nSPS) is 13.7. The van der Waals surface area contributed by atoms with E-state index in [1.807, 2.05) is 59.8 Å². The summed E-state index contributed by atoms with van der Waals surface area (Å²) in [6.45, 7) is 32.7. The monoisotopic (exact) mass is 760 g/mol. The zero-order valence-corrected chi connectivity index (χ0v) is 33.3. The van der Waals surface area contributed by atoms with Gasteiger partial charge in [-0.05, 0) is 27.2 Å². The predicted molar refractivity (Wildman–Crippen MR) is 211 cm³/mol. The zero-order chi connectivity index (χ0) is 32.9. The molecular formula is C38H63BrClI. The van der Waals surface area contributed by atoms with Crippen LogP contribution in [0.25, 0.3) is 5.57 Å². The van der Waals surface area contributed by atoms with E-state index >= 15 is 0 Å². The molecule has 0 heterocycles. The second kappa shape index (κ2) is 31.8. The maximum Gasteiger partial charge on any atom is -0.0111 e. The SMILES string of the molecule is C=CC(=C/CBr)/C(CC(C)(CC=CC)I(C)Cl)=C(\C)c1ccccc1.C=CC=C(C)C/C(C)=C\C.CC.CC.CC. The minimum absolute atomic E-state index is 0.137. The number of hydrogen-bond acceptors (Lipinski definition) is 0. The van der Waals surface area contributed by atoms with Crippen molar-refractivity contribution in [2.24, 2.45) is 0 Å². The minimum Gasteiger partial charge on any atom is -0.0991 e. The van der Waals surface area contributed by atoms with E-state index in [1.54, 1.807) is 0 Å². The van der Waals surface area contributed by atoms with Crippen molar-refractivity contribution in [1.82, 2.24) is 0 Å². The molecule has 0 aliphatic rings. The molecule has 1 aromatic rings. The molecule has 0 fully saturated rings. The molecule has 1 aromatic carbocycles. The van der Waals surface area contributed by atoms with Crippen LogP contribution in [0.5, 0.6) is 0 Å². The minimum atomic E-state index is -1.57. The standard InChI is InChI=1S/C22H29BrClI.C10H16.3C2H6/c1-6-8-15-22(4,25(5)24)17-21(19(7-2)14-16-23)18(3)20-12-10-9-11-13-20;1-5-7-10(4)8-9(3)6-2;3*1-2/h6-14H,2,15-17H2,1,3-5H3;5-7H,1,8H2,2-4H3;3*1-2H3/b8-6?,19-14-,21-18+;9-6-,10-7?;;;. The Hall–Kier alpha value is -1.10. The van der Waals surface area contributed by atoms with E-state index in [0.29, 0.717) is 0 Å². The van der Waals surface area contributed by atoms with Gasteiger partial charge in [0.1, 0.15) is 0 Å². The molecule has 1 atom stereocenters. The van der Waals surface area contributed by atoms with Crippen LogP contribution >= 0.6 is 43.5 Å². The molecule has 41 heavy (non-hydrogen) atoms. The van der Waals surface area contributed by atoms with Gasteiger partial charge >= 0.3 is 174 Å². The van der Waals surface area contributed by atoms with Crippen molar-refractivity contribution in [2.75, 3.05) is 10.3 Å². The van der Waals surface area contributed by atoms with Gasteiger partial charge in [0, 0.05) is 0 Å². The van der Waals surface area contributed by atoms with Crippen LogP contribution < -0.4 is 0 Å². The Labute approximate surface area is 277 Å². The van der Waals surface area contributed by atoms with Crippen molar-refractivity contribution in [2.45, 2.75) is 106 Å². The van der Waals surface area contributed by atoms with Crippen LogP contribution in [0.1, 0.15) is 108 Å². The fourth-order valence-electron chi connectivity index (χ4n) is 3.53. The topological polar surface area (TPSA) is 0 Å². The molecule has 0 spiro atoms. The van der Waals surface area contributed by atoms with Crippen molar-refractivity contribution in [3.63, 3.8) is 0 Å². The first-order valence-corrected chi connectivity index (χ1v) is 22.1. The van der Waals surface area contributed by atoms with Gasteiger partial charge in [0.25, 0.3) is 0 Å². The molecule has 236 valence electrons. The van der Waals surface area contributed by atoms with Gasteiger partial charge in [-0.1, -0.05) is 77.5 Å². The van der Waals surface area contributed by atoms with Gasteiger partial charge in [-0.25, -0.2) is 0 Å². The molecule has 0 saturated carbocycles. The summed E-state index contributed by atoms with van der Waals surface area (Å²) in [5.41, 5.74) is 7.92. The molecular weight excluding hydrogens is 699 g/mol. The third-order valence-electron chi connectivity index (χ3n) is 5.93. The molecule has 3 heteroatoms. The van der Waals surface area contributed by atoms with Crippen molar-refractivity contribution in [3.8, 4) is 0 Å². The van der Waals surface area contributed by atoms with Crippen LogP contribution in [0.15, 0.2) is 108 Å². The molecule has 0 N–H and O–H groups in total. The van der Waals surface area contributed by atoms with Gasteiger partial charge in [0.2, 0.25) is 0 Å². The van der Waals surface area contributed by atoms with Gasteiger partial charge in [0.15, 0.2) is 0 Å². The summed E-state index contributed by atoms with van der Waals surface area (Å²) in [6.07, 6.45) is 17.7.